The van der Waals surface area contributed by atoms with E-state index in [9.17, 15) is 14.4 Å². The fourth-order valence-electron chi connectivity index (χ4n) is 4.19. The van der Waals surface area contributed by atoms with Crippen molar-refractivity contribution >= 4 is 34.8 Å². The largest absolute Gasteiger partial charge is 0.466 e. The first-order valence-electron chi connectivity index (χ1n) is 10.9. The molecule has 2 aromatic carbocycles. The maximum Gasteiger partial charge on any atom is 0.310 e. The molecule has 0 unspecified atom stereocenters. The molecular formula is C24H26N4O4. The maximum atomic E-state index is 13.1. The van der Waals surface area contributed by atoms with Crippen LogP contribution in [0.3, 0.4) is 0 Å². The predicted octanol–water partition coefficient (Wildman–Crippen LogP) is 4.01. The minimum atomic E-state index is -0.544. The molecule has 0 N–H and O–H groups in total. The first kappa shape index (κ1) is 21.8. The summed E-state index contributed by atoms with van der Waals surface area (Å²) < 4.78 is 5.15. The summed E-state index contributed by atoms with van der Waals surface area (Å²) in [6.07, 6.45) is 1.65. The average Bonchev–Trinajstić information content (AvgIpc) is 3.13. The van der Waals surface area contributed by atoms with Crippen LogP contribution in [0, 0.1) is 5.92 Å². The topological polar surface area (TPSA) is 91.6 Å². The summed E-state index contributed by atoms with van der Waals surface area (Å²) in [5.74, 6) is -0.976. The van der Waals surface area contributed by atoms with Gasteiger partial charge in [0.25, 0.3) is 5.91 Å². The highest BCUT2D eigenvalue weighted by molar-refractivity contribution is 6.22. The molecule has 2 fully saturated rings. The Morgan fingerprint density at radius 2 is 1.72 bits per heavy atom. The predicted molar refractivity (Wildman–Crippen MR) is 119 cm³/mol. The molecule has 0 aromatic heterocycles. The fourth-order valence-corrected chi connectivity index (χ4v) is 4.19. The Morgan fingerprint density at radius 1 is 1.03 bits per heavy atom. The number of ether oxygens (including phenoxy) is 1. The van der Waals surface area contributed by atoms with Crippen LogP contribution in [0.2, 0.25) is 0 Å². The van der Waals surface area contributed by atoms with E-state index in [0.29, 0.717) is 31.1 Å². The number of esters is 1. The maximum absolute atomic E-state index is 13.1. The van der Waals surface area contributed by atoms with Crippen LogP contribution in [-0.2, 0) is 19.1 Å². The number of piperidine rings is 1. The van der Waals surface area contributed by atoms with Gasteiger partial charge in [-0.2, -0.15) is 10.2 Å². The van der Waals surface area contributed by atoms with Crippen LogP contribution in [0.25, 0.3) is 0 Å². The second-order valence-corrected chi connectivity index (χ2v) is 7.93. The van der Waals surface area contributed by atoms with Crippen LogP contribution in [0.5, 0.6) is 0 Å². The highest BCUT2D eigenvalue weighted by Gasteiger charge is 2.44. The lowest BCUT2D eigenvalue weighted by Gasteiger charge is -2.34. The third-order valence-electron chi connectivity index (χ3n) is 5.78. The van der Waals surface area contributed by atoms with Crippen LogP contribution in [0.4, 0.5) is 17.1 Å². The van der Waals surface area contributed by atoms with Gasteiger partial charge in [-0.15, -0.1) is 0 Å². The molecule has 2 aliphatic rings. The van der Waals surface area contributed by atoms with Gasteiger partial charge in [0.1, 0.15) is 0 Å². The smallest absolute Gasteiger partial charge is 0.310 e. The van der Waals surface area contributed by atoms with Crippen LogP contribution in [-0.4, -0.2) is 48.4 Å². The van der Waals surface area contributed by atoms with Crippen molar-refractivity contribution < 1.29 is 19.1 Å². The zero-order valence-electron chi connectivity index (χ0n) is 18.0. The van der Waals surface area contributed by atoms with Crippen molar-refractivity contribution in [1.82, 2.24) is 4.90 Å². The second kappa shape index (κ2) is 9.82. The van der Waals surface area contributed by atoms with Crippen molar-refractivity contribution in [2.24, 2.45) is 16.1 Å². The van der Waals surface area contributed by atoms with E-state index < -0.39 is 6.04 Å². The third-order valence-corrected chi connectivity index (χ3v) is 5.78. The number of carbonyl (C=O) groups excluding carboxylic acids is 3. The normalized spacial score (nSPS) is 22.0. The highest BCUT2D eigenvalue weighted by Crippen LogP contribution is 2.30. The molecule has 2 saturated heterocycles. The number of amides is 2. The summed E-state index contributed by atoms with van der Waals surface area (Å²) in [5, 5.41) is 8.37. The van der Waals surface area contributed by atoms with E-state index in [0.717, 1.165) is 18.5 Å². The number of likely N-dealkylation sites (tertiary alicyclic amines) is 1. The molecule has 0 aliphatic carbocycles. The summed E-state index contributed by atoms with van der Waals surface area (Å²) >= 11 is 0. The van der Waals surface area contributed by atoms with E-state index in [1.807, 2.05) is 35.2 Å². The molecule has 2 amide bonds. The Morgan fingerprint density at radius 3 is 2.41 bits per heavy atom. The molecule has 0 bridgehead atoms. The summed E-state index contributed by atoms with van der Waals surface area (Å²) in [4.78, 5) is 41.1. The van der Waals surface area contributed by atoms with Gasteiger partial charge in [-0.1, -0.05) is 18.2 Å². The lowest BCUT2D eigenvalue weighted by molar-refractivity contribution is -0.150. The second-order valence-electron chi connectivity index (χ2n) is 7.93. The zero-order valence-corrected chi connectivity index (χ0v) is 18.0. The molecule has 2 aromatic rings. The van der Waals surface area contributed by atoms with Gasteiger partial charge in [-0.05, 0) is 62.7 Å². The van der Waals surface area contributed by atoms with E-state index >= 15 is 0 Å². The molecule has 0 spiro atoms. The van der Waals surface area contributed by atoms with Gasteiger partial charge in [-0.3, -0.25) is 19.3 Å². The van der Waals surface area contributed by atoms with E-state index in [1.54, 1.807) is 31.2 Å². The van der Waals surface area contributed by atoms with Crippen LogP contribution < -0.4 is 4.90 Å². The molecule has 0 saturated carbocycles. The SMILES string of the molecule is CCOC(=O)[C@@H]1CCCN([C@H]2CC(=O)N(c3ccc(N=Nc4ccccc4)cc3)C2=O)C1. The number of rotatable bonds is 6. The van der Waals surface area contributed by atoms with Crippen molar-refractivity contribution in [3.8, 4) is 0 Å². The standard InChI is InChI=1S/C24H26N4O4/c1-2-32-24(31)17-7-6-14-27(16-17)21-15-22(29)28(23(21)30)20-12-10-19(11-13-20)26-25-18-8-4-3-5-9-18/h3-5,8-13,17,21H,2,6-7,14-16H2,1H3/t17-,21+/m1/s1. The number of azo groups is 1. The van der Waals surface area contributed by atoms with Crippen molar-refractivity contribution in [2.45, 2.75) is 32.2 Å². The first-order valence-corrected chi connectivity index (χ1v) is 10.9. The van der Waals surface area contributed by atoms with E-state index in [1.165, 1.54) is 4.90 Å². The highest BCUT2D eigenvalue weighted by atomic mass is 16.5. The molecule has 2 heterocycles. The Hall–Kier alpha value is -3.39. The minimum Gasteiger partial charge on any atom is -0.466 e. The van der Waals surface area contributed by atoms with Crippen molar-refractivity contribution in [3.63, 3.8) is 0 Å². The third kappa shape index (κ3) is 4.75. The van der Waals surface area contributed by atoms with Gasteiger partial charge < -0.3 is 4.74 Å². The zero-order chi connectivity index (χ0) is 22.5. The Labute approximate surface area is 186 Å². The Bertz CT molecular complexity index is 1010. The molecule has 2 atom stereocenters. The number of carbonyl (C=O) groups is 3. The molecule has 2 aliphatic heterocycles. The molecule has 32 heavy (non-hydrogen) atoms. The summed E-state index contributed by atoms with van der Waals surface area (Å²) in [6, 6.07) is 15.7. The number of anilines is 1. The van der Waals surface area contributed by atoms with Crippen molar-refractivity contribution in [2.75, 3.05) is 24.6 Å². The van der Waals surface area contributed by atoms with Gasteiger partial charge in [0, 0.05) is 6.54 Å². The van der Waals surface area contributed by atoms with Crippen LogP contribution in [0.1, 0.15) is 26.2 Å². The molecule has 166 valence electrons. The van der Waals surface area contributed by atoms with Gasteiger partial charge in [0.2, 0.25) is 5.91 Å². The number of imide groups is 1. The van der Waals surface area contributed by atoms with Crippen LogP contribution in [0.15, 0.2) is 64.8 Å². The van der Waals surface area contributed by atoms with Crippen molar-refractivity contribution in [3.05, 3.63) is 54.6 Å². The quantitative estimate of drug-likeness (QED) is 0.389. The molecule has 8 nitrogen and oxygen atoms in total. The fraction of sp³-hybridized carbons (Fsp3) is 0.375. The van der Waals surface area contributed by atoms with E-state index in [4.69, 9.17) is 4.74 Å². The molecule has 4 rings (SSSR count). The Kier molecular flexibility index (Phi) is 6.70. The van der Waals surface area contributed by atoms with Gasteiger partial charge in [0.15, 0.2) is 0 Å². The monoisotopic (exact) mass is 434 g/mol. The first-order chi connectivity index (χ1) is 15.6. The number of nitrogens with zero attached hydrogens (tertiary/aromatic N) is 4. The summed E-state index contributed by atoms with van der Waals surface area (Å²) in [7, 11) is 0. The van der Waals surface area contributed by atoms with E-state index in [2.05, 4.69) is 10.2 Å². The molecular weight excluding hydrogens is 408 g/mol. The van der Waals surface area contributed by atoms with Gasteiger partial charge >= 0.3 is 5.97 Å². The van der Waals surface area contributed by atoms with Gasteiger partial charge in [-0.25, -0.2) is 4.90 Å². The number of hydrogen-bond donors (Lipinski definition) is 0. The lowest BCUT2D eigenvalue weighted by Crippen LogP contribution is -2.48. The molecule has 8 heteroatoms. The summed E-state index contributed by atoms with van der Waals surface area (Å²) in [6.45, 7) is 3.25. The number of benzene rings is 2. The van der Waals surface area contributed by atoms with Gasteiger partial charge in [0.05, 0.1) is 42.0 Å². The minimum absolute atomic E-state index is 0.115. The molecule has 0 radical (unpaired) electrons. The Balaban J connectivity index is 1.43. The number of hydrogen-bond acceptors (Lipinski definition) is 7. The van der Waals surface area contributed by atoms with E-state index in [-0.39, 0.29) is 30.1 Å². The van der Waals surface area contributed by atoms with Crippen molar-refractivity contribution in [1.29, 1.82) is 0 Å². The van der Waals surface area contributed by atoms with Crippen LogP contribution >= 0.6 is 0 Å². The summed E-state index contributed by atoms with van der Waals surface area (Å²) in [5.41, 5.74) is 1.88. The average molecular weight is 434 g/mol. The lowest BCUT2D eigenvalue weighted by atomic mass is 9.96.